The Morgan fingerprint density at radius 2 is 1.89 bits per heavy atom. The first-order valence-corrected chi connectivity index (χ1v) is 9.54. The molecule has 3 N–H and O–H groups in total. The molecule has 3 rings (SSSR count). The van der Waals surface area contributed by atoms with Crippen molar-refractivity contribution >= 4 is 23.4 Å². The fourth-order valence-corrected chi connectivity index (χ4v) is 3.81. The highest BCUT2D eigenvalue weighted by Gasteiger charge is 2.17. The maximum Gasteiger partial charge on any atom is 0.253 e. The number of aromatic amines is 1. The monoisotopic (exact) mass is 382 g/mol. The SMILES string of the molecule is Cc1ccc(-n2c(C)cc(C(=O)CSc3nc(N)cc(=O)[nH]3)c2C)cc1C. The molecular formula is C20H22N4O2S. The number of benzene rings is 1. The van der Waals surface area contributed by atoms with Crippen molar-refractivity contribution in [2.45, 2.75) is 32.9 Å². The third-order valence-corrected chi connectivity index (χ3v) is 5.43. The summed E-state index contributed by atoms with van der Waals surface area (Å²) in [5, 5.41) is 0.344. The maximum absolute atomic E-state index is 12.7. The summed E-state index contributed by atoms with van der Waals surface area (Å²) in [5.41, 5.74) is 11.3. The molecule has 0 saturated heterocycles. The normalized spacial score (nSPS) is 11.0. The molecular weight excluding hydrogens is 360 g/mol. The first kappa shape index (κ1) is 19.0. The predicted molar refractivity (Wildman–Crippen MR) is 109 cm³/mol. The fourth-order valence-electron chi connectivity index (χ4n) is 3.04. The number of nitrogens with two attached hydrogens (primary N) is 1. The summed E-state index contributed by atoms with van der Waals surface area (Å²) in [6.45, 7) is 8.09. The molecule has 0 unspecified atom stereocenters. The van der Waals surface area contributed by atoms with Crippen LogP contribution < -0.4 is 11.3 Å². The number of Topliss-reactive ketones (excluding diaryl/α,β-unsaturated/α-hetero) is 1. The minimum atomic E-state index is -0.328. The van der Waals surface area contributed by atoms with Crippen LogP contribution in [0.3, 0.4) is 0 Å². The van der Waals surface area contributed by atoms with Gasteiger partial charge in [-0.25, -0.2) is 4.98 Å². The lowest BCUT2D eigenvalue weighted by Crippen LogP contribution is -2.11. The summed E-state index contributed by atoms with van der Waals surface area (Å²) >= 11 is 1.17. The van der Waals surface area contributed by atoms with Crippen LogP contribution in [0.15, 0.2) is 40.3 Å². The van der Waals surface area contributed by atoms with Gasteiger partial charge in [-0.2, -0.15) is 0 Å². The number of carbonyl (C=O) groups is 1. The lowest BCUT2D eigenvalue weighted by atomic mass is 10.1. The number of ketones is 1. The molecule has 140 valence electrons. The highest BCUT2D eigenvalue weighted by atomic mass is 32.2. The van der Waals surface area contributed by atoms with Crippen molar-refractivity contribution in [2.75, 3.05) is 11.5 Å². The number of anilines is 1. The third-order valence-electron chi connectivity index (χ3n) is 4.56. The number of aromatic nitrogens is 3. The smallest absolute Gasteiger partial charge is 0.253 e. The molecule has 0 spiro atoms. The number of hydrogen-bond acceptors (Lipinski definition) is 5. The van der Waals surface area contributed by atoms with Crippen LogP contribution in [0.25, 0.3) is 5.69 Å². The Labute approximate surface area is 161 Å². The average molecular weight is 382 g/mol. The molecule has 0 radical (unpaired) electrons. The number of nitrogens with one attached hydrogen (secondary N) is 1. The molecule has 0 amide bonds. The van der Waals surface area contributed by atoms with Crippen LogP contribution in [0, 0.1) is 27.7 Å². The zero-order chi connectivity index (χ0) is 19.7. The van der Waals surface area contributed by atoms with E-state index in [9.17, 15) is 9.59 Å². The standard InChI is InChI=1S/C20H22N4O2S/c1-11-5-6-15(7-12(11)2)24-13(3)8-16(14(24)4)17(25)10-27-20-22-18(21)9-19(26)23-20/h5-9H,10H2,1-4H3,(H3,21,22,23,26). The van der Waals surface area contributed by atoms with E-state index in [0.29, 0.717) is 10.7 Å². The van der Waals surface area contributed by atoms with Gasteiger partial charge in [0.1, 0.15) is 5.82 Å². The molecule has 27 heavy (non-hydrogen) atoms. The van der Waals surface area contributed by atoms with E-state index in [-0.39, 0.29) is 22.9 Å². The lowest BCUT2D eigenvalue weighted by Gasteiger charge is -2.12. The van der Waals surface area contributed by atoms with Gasteiger partial charge in [0.05, 0.1) is 5.75 Å². The average Bonchev–Trinajstić information content (AvgIpc) is 2.89. The van der Waals surface area contributed by atoms with Gasteiger partial charge in [0.15, 0.2) is 10.9 Å². The van der Waals surface area contributed by atoms with Crippen molar-refractivity contribution < 1.29 is 4.79 Å². The third kappa shape index (κ3) is 3.98. The van der Waals surface area contributed by atoms with Crippen molar-refractivity contribution in [1.29, 1.82) is 0 Å². The molecule has 0 atom stereocenters. The number of nitrogens with zero attached hydrogens (tertiary/aromatic N) is 2. The van der Waals surface area contributed by atoms with Gasteiger partial charge in [-0.1, -0.05) is 17.8 Å². The molecule has 0 aliphatic heterocycles. The molecule has 0 saturated carbocycles. The highest BCUT2D eigenvalue weighted by molar-refractivity contribution is 7.99. The van der Waals surface area contributed by atoms with Gasteiger partial charge < -0.3 is 15.3 Å². The molecule has 0 fully saturated rings. The first-order chi connectivity index (χ1) is 12.8. The lowest BCUT2D eigenvalue weighted by molar-refractivity contribution is 0.102. The fraction of sp³-hybridized carbons (Fsp3) is 0.250. The minimum absolute atomic E-state index is 0.0201. The van der Waals surface area contributed by atoms with E-state index in [4.69, 9.17) is 5.73 Å². The Kier molecular flexibility index (Phi) is 5.23. The number of aryl methyl sites for hydroxylation is 3. The van der Waals surface area contributed by atoms with E-state index < -0.39 is 0 Å². The van der Waals surface area contributed by atoms with E-state index in [2.05, 4.69) is 46.6 Å². The Balaban J connectivity index is 1.85. The Morgan fingerprint density at radius 1 is 1.15 bits per heavy atom. The molecule has 2 aromatic heterocycles. The zero-order valence-corrected chi connectivity index (χ0v) is 16.6. The molecule has 2 heterocycles. The van der Waals surface area contributed by atoms with E-state index in [0.717, 1.165) is 17.1 Å². The molecule has 6 nitrogen and oxygen atoms in total. The Bertz CT molecular complexity index is 1080. The molecule has 0 aliphatic rings. The van der Waals surface area contributed by atoms with Crippen LogP contribution in [-0.2, 0) is 0 Å². The van der Waals surface area contributed by atoms with Crippen LogP contribution >= 0.6 is 11.8 Å². The van der Waals surface area contributed by atoms with Crippen LogP contribution in [0.2, 0.25) is 0 Å². The molecule has 3 aromatic rings. The molecule has 1 aromatic carbocycles. The predicted octanol–water partition coefficient (Wildman–Crippen LogP) is 3.35. The van der Waals surface area contributed by atoms with Crippen molar-refractivity contribution in [3.05, 3.63) is 68.8 Å². The first-order valence-electron chi connectivity index (χ1n) is 8.55. The van der Waals surface area contributed by atoms with Gasteiger partial charge in [-0.15, -0.1) is 0 Å². The minimum Gasteiger partial charge on any atom is -0.383 e. The van der Waals surface area contributed by atoms with Crippen LogP contribution in [0.5, 0.6) is 0 Å². The van der Waals surface area contributed by atoms with Crippen molar-refractivity contribution in [2.24, 2.45) is 0 Å². The quantitative estimate of drug-likeness (QED) is 0.401. The number of carbonyl (C=O) groups excluding carboxylic acids is 1. The second kappa shape index (κ2) is 7.44. The summed E-state index contributed by atoms with van der Waals surface area (Å²) in [6.07, 6.45) is 0. The Hall–Kier alpha value is -2.80. The van der Waals surface area contributed by atoms with Gasteiger partial charge in [0.2, 0.25) is 0 Å². The van der Waals surface area contributed by atoms with E-state index in [1.54, 1.807) is 0 Å². The van der Waals surface area contributed by atoms with Crippen molar-refractivity contribution in [3.8, 4) is 5.69 Å². The summed E-state index contributed by atoms with van der Waals surface area (Å²) in [7, 11) is 0. The number of rotatable bonds is 5. The summed E-state index contributed by atoms with van der Waals surface area (Å²) < 4.78 is 2.09. The summed E-state index contributed by atoms with van der Waals surface area (Å²) in [5.74, 6) is 0.291. The maximum atomic E-state index is 12.7. The van der Waals surface area contributed by atoms with E-state index >= 15 is 0 Å². The van der Waals surface area contributed by atoms with Gasteiger partial charge in [0.25, 0.3) is 5.56 Å². The van der Waals surface area contributed by atoms with Gasteiger partial charge in [0, 0.05) is 28.7 Å². The van der Waals surface area contributed by atoms with Crippen molar-refractivity contribution in [3.63, 3.8) is 0 Å². The highest BCUT2D eigenvalue weighted by Crippen LogP contribution is 2.24. The zero-order valence-electron chi connectivity index (χ0n) is 15.8. The second-order valence-corrected chi connectivity index (χ2v) is 7.54. The number of thioether (sulfide) groups is 1. The molecule has 7 heteroatoms. The van der Waals surface area contributed by atoms with E-state index in [1.807, 2.05) is 19.9 Å². The number of hydrogen-bond donors (Lipinski definition) is 2. The van der Waals surface area contributed by atoms with Gasteiger partial charge in [-0.3, -0.25) is 9.59 Å². The molecule has 0 aliphatic carbocycles. The summed E-state index contributed by atoms with van der Waals surface area (Å²) in [4.78, 5) is 30.8. The largest absolute Gasteiger partial charge is 0.383 e. The van der Waals surface area contributed by atoms with Crippen LogP contribution in [-0.4, -0.2) is 26.1 Å². The number of nitrogen functional groups attached to an aromatic ring is 1. The van der Waals surface area contributed by atoms with Crippen LogP contribution in [0.4, 0.5) is 5.82 Å². The van der Waals surface area contributed by atoms with E-state index in [1.165, 1.54) is 29.0 Å². The second-order valence-electron chi connectivity index (χ2n) is 6.58. The summed E-state index contributed by atoms with van der Waals surface area (Å²) in [6, 6.07) is 9.39. The topological polar surface area (TPSA) is 93.8 Å². The van der Waals surface area contributed by atoms with Crippen molar-refractivity contribution in [1.82, 2.24) is 14.5 Å². The van der Waals surface area contributed by atoms with Gasteiger partial charge >= 0.3 is 0 Å². The van der Waals surface area contributed by atoms with Crippen LogP contribution in [0.1, 0.15) is 32.9 Å². The van der Waals surface area contributed by atoms with Gasteiger partial charge in [-0.05, 0) is 57.0 Å². The number of H-pyrrole nitrogens is 1. The Morgan fingerprint density at radius 3 is 2.56 bits per heavy atom. The molecule has 0 bridgehead atoms.